The number of benzene rings is 1. The van der Waals surface area contributed by atoms with E-state index in [0.29, 0.717) is 0 Å². The summed E-state index contributed by atoms with van der Waals surface area (Å²) >= 11 is 17.3. The molecule has 0 spiro atoms. The fourth-order valence-corrected chi connectivity index (χ4v) is 2.18. The number of carbonyl (C=O) groups is 2. The molecule has 1 aromatic heterocycles. The Kier molecular flexibility index (Phi) is 4.67. The molecule has 0 fully saturated rings. The Morgan fingerprint density at radius 2 is 1.71 bits per heavy atom. The Morgan fingerprint density at radius 1 is 1.05 bits per heavy atom. The Bertz CT molecular complexity index is 735. The van der Waals surface area contributed by atoms with Gasteiger partial charge in [-0.2, -0.15) is 0 Å². The van der Waals surface area contributed by atoms with E-state index in [1.54, 1.807) is 0 Å². The number of anilines is 1. The van der Waals surface area contributed by atoms with Gasteiger partial charge in [0.05, 0.1) is 16.8 Å². The van der Waals surface area contributed by atoms with Gasteiger partial charge in [-0.15, -0.1) is 0 Å². The van der Waals surface area contributed by atoms with Crippen LogP contribution in [0.1, 0.15) is 20.7 Å². The molecule has 1 amide bonds. The minimum Gasteiger partial charge on any atom is -0.478 e. The maximum Gasteiger partial charge on any atom is 0.337 e. The van der Waals surface area contributed by atoms with Crippen LogP contribution in [0.2, 0.25) is 15.3 Å². The van der Waals surface area contributed by atoms with Crippen molar-refractivity contribution in [3.05, 3.63) is 56.8 Å². The number of pyridine rings is 1. The van der Waals surface area contributed by atoms with Crippen LogP contribution >= 0.6 is 34.8 Å². The molecular weight excluding hydrogens is 339 g/mol. The third-order valence-electron chi connectivity index (χ3n) is 2.52. The van der Waals surface area contributed by atoms with E-state index in [4.69, 9.17) is 39.9 Å². The van der Waals surface area contributed by atoms with E-state index >= 15 is 0 Å². The molecule has 0 saturated heterocycles. The monoisotopic (exact) mass is 344 g/mol. The van der Waals surface area contributed by atoms with Crippen molar-refractivity contribution in [2.45, 2.75) is 0 Å². The minimum absolute atomic E-state index is 0.0611. The molecule has 5 nitrogen and oxygen atoms in total. The molecule has 0 bridgehead atoms. The van der Waals surface area contributed by atoms with Crippen molar-refractivity contribution in [3.63, 3.8) is 0 Å². The second-order valence-corrected chi connectivity index (χ2v) is 5.10. The maximum absolute atomic E-state index is 12.1. The van der Waals surface area contributed by atoms with Crippen molar-refractivity contribution in [1.29, 1.82) is 0 Å². The molecular formula is C13H7Cl3N2O3. The van der Waals surface area contributed by atoms with Crippen LogP contribution in [-0.4, -0.2) is 22.0 Å². The van der Waals surface area contributed by atoms with Crippen LogP contribution in [0.5, 0.6) is 0 Å². The molecule has 1 aromatic carbocycles. The van der Waals surface area contributed by atoms with Crippen LogP contribution in [0, 0.1) is 0 Å². The largest absolute Gasteiger partial charge is 0.478 e. The van der Waals surface area contributed by atoms with Crippen LogP contribution < -0.4 is 5.32 Å². The van der Waals surface area contributed by atoms with Gasteiger partial charge in [-0.25, -0.2) is 9.78 Å². The third kappa shape index (κ3) is 3.64. The molecule has 0 atom stereocenters. The van der Waals surface area contributed by atoms with Crippen molar-refractivity contribution in [1.82, 2.24) is 4.98 Å². The first-order valence-electron chi connectivity index (χ1n) is 5.54. The molecule has 8 heteroatoms. The predicted octanol–water partition coefficient (Wildman–Crippen LogP) is 3.99. The third-order valence-corrected chi connectivity index (χ3v) is 3.25. The zero-order chi connectivity index (χ0) is 15.6. The van der Waals surface area contributed by atoms with E-state index < -0.39 is 11.9 Å². The summed E-state index contributed by atoms with van der Waals surface area (Å²) in [7, 11) is 0. The van der Waals surface area contributed by atoms with E-state index in [-0.39, 0.29) is 32.1 Å². The number of nitrogens with zero attached hydrogens (tertiary/aromatic N) is 1. The van der Waals surface area contributed by atoms with E-state index in [1.807, 2.05) is 0 Å². The SMILES string of the molecule is O=C(O)c1ccc(Cl)cc1NC(=O)c1ccc(Cl)nc1Cl. The standard InChI is InChI=1S/C13H7Cl3N2O3/c14-6-1-2-7(13(20)21)9(5-6)17-12(19)8-3-4-10(15)18-11(8)16/h1-5H,(H,17,19)(H,20,21). The van der Waals surface area contributed by atoms with Gasteiger partial charge in [0.15, 0.2) is 0 Å². The highest BCUT2D eigenvalue weighted by molar-refractivity contribution is 6.35. The molecule has 2 N–H and O–H groups in total. The first kappa shape index (κ1) is 15.6. The van der Waals surface area contributed by atoms with Gasteiger partial charge in [-0.3, -0.25) is 4.79 Å². The van der Waals surface area contributed by atoms with Gasteiger partial charge in [0.2, 0.25) is 0 Å². The number of aromatic nitrogens is 1. The van der Waals surface area contributed by atoms with E-state index in [9.17, 15) is 9.59 Å². The molecule has 21 heavy (non-hydrogen) atoms. The zero-order valence-electron chi connectivity index (χ0n) is 10.2. The van der Waals surface area contributed by atoms with Gasteiger partial charge in [-0.1, -0.05) is 34.8 Å². The number of amides is 1. The summed E-state index contributed by atoms with van der Waals surface area (Å²) < 4.78 is 0. The van der Waals surface area contributed by atoms with Crippen LogP contribution in [0.25, 0.3) is 0 Å². The molecule has 0 aliphatic carbocycles. The quantitative estimate of drug-likeness (QED) is 0.824. The van der Waals surface area contributed by atoms with Crippen molar-refractivity contribution in [3.8, 4) is 0 Å². The lowest BCUT2D eigenvalue weighted by molar-refractivity contribution is 0.0698. The summed E-state index contributed by atoms with van der Waals surface area (Å²) in [5.41, 5.74) is 0.0363. The number of carboxylic acid groups (broad SMARTS) is 1. The molecule has 108 valence electrons. The smallest absolute Gasteiger partial charge is 0.337 e. The highest BCUT2D eigenvalue weighted by atomic mass is 35.5. The lowest BCUT2D eigenvalue weighted by atomic mass is 10.1. The molecule has 2 rings (SSSR count). The van der Waals surface area contributed by atoms with Crippen molar-refractivity contribution >= 4 is 52.4 Å². The number of halogens is 3. The highest BCUT2D eigenvalue weighted by Crippen LogP contribution is 2.23. The normalized spacial score (nSPS) is 10.2. The summed E-state index contributed by atoms with van der Waals surface area (Å²) in [5.74, 6) is -1.81. The summed E-state index contributed by atoms with van der Waals surface area (Å²) in [4.78, 5) is 27.0. The van der Waals surface area contributed by atoms with E-state index in [2.05, 4.69) is 10.3 Å². The zero-order valence-corrected chi connectivity index (χ0v) is 12.5. The van der Waals surface area contributed by atoms with Gasteiger partial charge < -0.3 is 10.4 Å². The lowest BCUT2D eigenvalue weighted by Gasteiger charge is -2.09. The van der Waals surface area contributed by atoms with Crippen molar-refractivity contribution in [2.24, 2.45) is 0 Å². The van der Waals surface area contributed by atoms with Gasteiger partial charge in [-0.05, 0) is 30.3 Å². The minimum atomic E-state index is -1.19. The van der Waals surface area contributed by atoms with Gasteiger partial charge in [0, 0.05) is 5.02 Å². The Morgan fingerprint density at radius 3 is 2.33 bits per heavy atom. The number of aromatic carboxylic acids is 1. The molecule has 1 heterocycles. The van der Waals surface area contributed by atoms with Crippen LogP contribution in [0.4, 0.5) is 5.69 Å². The predicted molar refractivity (Wildman–Crippen MR) is 80.6 cm³/mol. The van der Waals surface area contributed by atoms with E-state index in [1.165, 1.54) is 30.3 Å². The Balaban J connectivity index is 2.35. The molecule has 0 aliphatic heterocycles. The number of carboxylic acids is 1. The summed E-state index contributed by atoms with van der Waals surface area (Å²) in [5, 5.41) is 11.9. The molecule has 0 unspecified atom stereocenters. The molecule has 0 saturated carbocycles. The summed E-state index contributed by atoms with van der Waals surface area (Å²) in [6.45, 7) is 0. The average molecular weight is 346 g/mol. The summed E-state index contributed by atoms with van der Waals surface area (Å²) in [6, 6.07) is 6.83. The highest BCUT2D eigenvalue weighted by Gasteiger charge is 2.16. The van der Waals surface area contributed by atoms with Crippen molar-refractivity contribution < 1.29 is 14.7 Å². The van der Waals surface area contributed by atoms with Crippen molar-refractivity contribution in [2.75, 3.05) is 5.32 Å². The Hall–Kier alpha value is -1.82. The molecule has 0 aliphatic rings. The second kappa shape index (κ2) is 6.30. The number of nitrogens with one attached hydrogen (secondary N) is 1. The van der Waals surface area contributed by atoms with Gasteiger partial charge >= 0.3 is 5.97 Å². The van der Waals surface area contributed by atoms with E-state index in [0.717, 1.165) is 0 Å². The Labute approximate surface area is 134 Å². The molecule has 2 aromatic rings. The first-order valence-corrected chi connectivity index (χ1v) is 6.68. The van der Waals surface area contributed by atoms with Gasteiger partial charge in [0.1, 0.15) is 10.3 Å². The number of rotatable bonds is 3. The van der Waals surface area contributed by atoms with Crippen LogP contribution in [0.3, 0.4) is 0 Å². The first-order chi connectivity index (χ1) is 9.88. The average Bonchev–Trinajstić information content (AvgIpc) is 2.37. The summed E-state index contributed by atoms with van der Waals surface area (Å²) in [6.07, 6.45) is 0. The topological polar surface area (TPSA) is 79.3 Å². The maximum atomic E-state index is 12.1. The van der Waals surface area contributed by atoms with Crippen LogP contribution in [-0.2, 0) is 0 Å². The van der Waals surface area contributed by atoms with Gasteiger partial charge in [0.25, 0.3) is 5.91 Å². The number of carbonyl (C=O) groups excluding carboxylic acids is 1. The van der Waals surface area contributed by atoms with Crippen LogP contribution in [0.15, 0.2) is 30.3 Å². The number of hydrogen-bond donors (Lipinski definition) is 2. The molecule has 0 radical (unpaired) electrons. The fourth-order valence-electron chi connectivity index (χ4n) is 1.58. The number of hydrogen-bond acceptors (Lipinski definition) is 3. The lowest BCUT2D eigenvalue weighted by Crippen LogP contribution is -2.15. The fraction of sp³-hybridized carbons (Fsp3) is 0. The second-order valence-electron chi connectivity index (χ2n) is 3.92.